The third-order valence-electron chi connectivity index (χ3n) is 2.96. The topological polar surface area (TPSA) is 77.4 Å². The predicted molar refractivity (Wildman–Crippen MR) is 77.3 cm³/mol. The Morgan fingerprint density at radius 2 is 1.46 bits per heavy atom. The number of benzene rings is 2. The van der Waals surface area contributed by atoms with Gasteiger partial charge in [-0.2, -0.15) is 17.2 Å². The second kappa shape index (κ2) is 6.55. The van der Waals surface area contributed by atoms with Crippen LogP contribution in [-0.4, -0.2) is 17.5 Å². The van der Waals surface area contributed by atoms with Gasteiger partial charge in [0, 0.05) is 11.2 Å². The molecule has 0 aliphatic heterocycles. The third kappa shape index (κ3) is 3.18. The van der Waals surface area contributed by atoms with Crippen LogP contribution in [0.5, 0.6) is 0 Å². The summed E-state index contributed by atoms with van der Waals surface area (Å²) in [4.78, 5) is -3.86. The normalized spacial score (nSPS) is 12.9. The molecule has 24 heavy (non-hydrogen) atoms. The average Bonchev–Trinajstić information content (AvgIpc) is 2.52. The number of rotatable bonds is 4. The highest BCUT2D eigenvalue weighted by molar-refractivity contribution is 7.91. The fraction of sp³-hybridized carbons (Fsp3) is 0. The van der Waals surface area contributed by atoms with E-state index < -0.39 is 54.4 Å². The molecule has 4 nitrogen and oxygen atoms in total. The van der Waals surface area contributed by atoms with Gasteiger partial charge in [0.25, 0.3) is 0 Å². The van der Waals surface area contributed by atoms with Crippen LogP contribution in [0.1, 0.15) is 5.56 Å². The molecule has 0 saturated carbocycles. The van der Waals surface area contributed by atoms with Crippen molar-refractivity contribution in [3.63, 3.8) is 0 Å². The lowest BCUT2D eigenvalue weighted by molar-refractivity contribution is 0.380. The molecule has 10 heteroatoms. The highest BCUT2D eigenvalue weighted by Gasteiger charge is 2.37. The summed E-state index contributed by atoms with van der Waals surface area (Å²) in [5, 5.41) is 0. The van der Waals surface area contributed by atoms with Crippen molar-refractivity contribution in [3.8, 4) is 0 Å². The van der Waals surface area contributed by atoms with Crippen molar-refractivity contribution in [2.45, 2.75) is 14.7 Å². The summed E-state index contributed by atoms with van der Waals surface area (Å²) in [6.07, 6.45) is 1.44. The first-order chi connectivity index (χ1) is 11.1. The van der Waals surface area contributed by atoms with Gasteiger partial charge in [-0.15, -0.1) is 0 Å². The van der Waals surface area contributed by atoms with Gasteiger partial charge in [0.1, 0.15) is 0 Å². The lowest BCUT2D eigenvalue weighted by Gasteiger charge is -2.13. The minimum absolute atomic E-state index is 0.184. The highest BCUT2D eigenvalue weighted by Crippen LogP contribution is 2.33. The Bertz CT molecular complexity index is 882. The molecular formula is C14H8F4O4S2. The van der Waals surface area contributed by atoms with E-state index in [2.05, 4.69) is 6.58 Å². The van der Waals surface area contributed by atoms with Crippen LogP contribution in [0.15, 0.2) is 45.5 Å². The van der Waals surface area contributed by atoms with Gasteiger partial charge in [0.05, 0.1) is 0 Å². The van der Waals surface area contributed by atoms with Crippen molar-refractivity contribution in [3.05, 3.63) is 59.7 Å². The Morgan fingerprint density at radius 3 is 1.83 bits per heavy atom. The Labute approximate surface area is 137 Å². The van der Waals surface area contributed by atoms with E-state index in [-0.39, 0.29) is 4.90 Å². The van der Waals surface area contributed by atoms with Gasteiger partial charge in [-0.25, -0.2) is 8.78 Å². The maximum absolute atomic E-state index is 13.9. The molecule has 1 N–H and O–H groups in total. The van der Waals surface area contributed by atoms with Crippen LogP contribution >= 0.6 is 0 Å². The summed E-state index contributed by atoms with van der Waals surface area (Å²) in [6.45, 7) is 3.47. The minimum Gasteiger partial charge on any atom is -0.606 e. The zero-order valence-corrected chi connectivity index (χ0v) is 13.2. The molecule has 2 rings (SSSR count). The molecule has 0 aliphatic rings. The third-order valence-corrected chi connectivity index (χ3v) is 5.26. The van der Waals surface area contributed by atoms with Crippen molar-refractivity contribution >= 4 is 27.4 Å². The van der Waals surface area contributed by atoms with E-state index in [4.69, 9.17) is 4.55 Å². The second-order valence-corrected chi connectivity index (χ2v) is 7.21. The van der Waals surface area contributed by atoms with E-state index in [1.807, 2.05) is 0 Å². The molecule has 2 aromatic carbocycles. The Kier molecular flexibility index (Phi) is 5.04. The molecule has 1 unspecified atom stereocenters. The molecule has 0 aliphatic carbocycles. The van der Waals surface area contributed by atoms with Crippen molar-refractivity contribution in [2.75, 3.05) is 0 Å². The van der Waals surface area contributed by atoms with Gasteiger partial charge in [-0.3, -0.25) is 4.55 Å². The summed E-state index contributed by atoms with van der Waals surface area (Å²) < 4.78 is 98.0. The molecule has 1 atom stereocenters. The monoisotopic (exact) mass is 380 g/mol. The molecule has 0 saturated heterocycles. The fourth-order valence-corrected chi connectivity index (χ4v) is 3.58. The molecule has 2 aromatic rings. The number of halogens is 4. The van der Waals surface area contributed by atoms with Crippen LogP contribution in [0, 0.1) is 23.3 Å². The lowest BCUT2D eigenvalue weighted by atomic mass is 10.2. The van der Waals surface area contributed by atoms with Gasteiger partial charge in [0.15, 0.2) is 21.4 Å². The standard InChI is InChI=1S/C14H8F4O4S2/c1-2-7-3-5-8(6-4-7)23(19)13-9(15)11(17)14(24(20,21)22)12(18)10(13)16/h2-6H,1H2,(H,20,21,22). The van der Waals surface area contributed by atoms with Crippen LogP contribution in [0.4, 0.5) is 17.6 Å². The lowest BCUT2D eigenvalue weighted by Crippen LogP contribution is -2.16. The molecule has 0 amide bonds. The number of hydrogen-bond donors (Lipinski definition) is 1. The molecule has 0 fully saturated rings. The summed E-state index contributed by atoms with van der Waals surface area (Å²) in [6, 6.07) is 5.18. The quantitative estimate of drug-likeness (QED) is 0.382. The summed E-state index contributed by atoms with van der Waals surface area (Å²) >= 11 is -2.68. The van der Waals surface area contributed by atoms with E-state index in [0.29, 0.717) is 5.56 Å². The van der Waals surface area contributed by atoms with Crippen LogP contribution in [0.3, 0.4) is 0 Å². The van der Waals surface area contributed by atoms with Gasteiger partial charge in [-0.05, 0) is 29.8 Å². The molecular weight excluding hydrogens is 372 g/mol. The maximum Gasteiger partial charge on any atom is 0.300 e. The largest absolute Gasteiger partial charge is 0.606 e. The first-order valence-electron chi connectivity index (χ1n) is 6.07. The van der Waals surface area contributed by atoms with Crippen molar-refractivity contribution < 1.29 is 35.1 Å². The van der Waals surface area contributed by atoms with Crippen LogP contribution < -0.4 is 0 Å². The second-order valence-electron chi connectivity index (χ2n) is 4.43. The summed E-state index contributed by atoms with van der Waals surface area (Å²) in [7, 11) is -5.57. The Morgan fingerprint density at radius 1 is 1.00 bits per heavy atom. The Balaban J connectivity index is 2.68. The van der Waals surface area contributed by atoms with E-state index in [1.54, 1.807) is 0 Å². The molecule has 0 aromatic heterocycles. The zero-order chi connectivity index (χ0) is 18.2. The van der Waals surface area contributed by atoms with Crippen molar-refractivity contribution in [1.82, 2.24) is 0 Å². The fourth-order valence-electron chi connectivity index (χ4n) is 1.83. The minimum atomic E-state index is -5.57. The van der Waals surface area contributed by atoms with Crippen molar-refractivity contribution in [1.29, 1.82) is 0 Å². The first kappa shape index (κ1) is 18.5. The van der Waals surface area contributed by atoms with Crippen molar-refractivity contribution in [2.24, 2.45) is 0 Å². The van der Waals surface area contributed by atoms with Crippen LogP contribution in [-0.2, 0) is 21.3 Å². The highest BCUT2D eigenvalue weighted by atomic mass is 32.2. The maximum atomic E-state index is 13.9. The molecule has 128 valence electrons. The van der Waals surface area contributed by atoms with Gasteiger partial charge >= 0.3 is 10.1 Å². The van der Waals surface area contributed by atoms with Gasteiger partial charge < -0.3 is 4.55 Å². The first-order valence-corrected chi connectivity index (χ1v) is 8.66. The zero-order valence-electron chi connectivity index (χ0n) is 11.6. The van der Waals surface area contributed by atoms with E-state index in [9.17, 15) is 30.5 Å². The molecule has 0 heterocycles. The molecule has 0 radical (unpaired) electrons. The van der Waals surface area contributed by atoms with Gasteiger partial charge in [-0.1, -0.05) is 12.7 Å². The predicted octanol–water partition coefficient (Wildman–Crippen LogP) is 3.30. The smallest absolute Gasteiger partial charge is 0.300 e. The van der Waals surface area contributed by atoms with E-state index in [0.717, 1.165) is 0 Å². The summed E-state index contributed by atoms with van der Waals surface area (Å²) in [5.41, 5.74) is 0.593. The van der Waals surface area contributed by atoms with Gasteiger partial charge in [0.2, 0.25) is 16.5 Å². The van der Waals surface area contributed by atoms with E-state index >= 15 is 0 Å². The van der Waals surface area contributed by atoms with Crippen LogP contribution in [0.2, 0.25) is 0 Å². The molecule has 0 spiro atoms. The van der Waals surface area contributed by atoms with Crippen LogP contribution in [0.25, 0.3) is 6.08 Å². The summed E-state index contributed by atoms with van der Waals surface area (Å²) in [5.74, 6) is -9.06. The number of hydrogen-bond acceptors (Lipinski definition) is 3. The van der Waals surface area contributed by atoms with E-state index in [1.165, 1.54) is 30.3 Å². The Hall–Kier alpha value is -1.88. The molecule has 0 bridgehead atoms. The SMILES string of the molecule is C=Cc1ccc([S+]([O-])c2c(F)c(F)c(S(=O)(=O)O)c(F)c2F)cc1. The average molecular weight is 380 g/mol.